The molecule has 0 radical (unpaired) electrons. The highest BCUT2D eigenvalue weighted by molar-refractivity contribution is 6.06. The summed E-state index contributed by atoms with van der Waals surface area (Å²) in [5.41, 5.74) is 7.26. The number of anilines is 1. The summed E-state index contributed by atoms with van der Waals surface area (Å²) in [6, 6.07) is 15.8. The molecule has 0 amide bonds. The van der Waals surface area contributed by atoms with Crippen LogP contribution in [0.15, 0.2) is 71.2 Å². The first-order valence-electron chi connectivity index (χ1n) is 9.57. The molecule has 0 bridgehead atoms. The summed E-state index contributed by atoms with van der Waals surface area (Å²) in [6.07, 6.45) is 0. The van der Waals surface area contributed by atoms with E-state index >= 15 is 0 Å². The molecule has 9 heteroatoms. The molecule has 2 aliphatic rings. The highest BCUT2D eigenvalue weighted by atomic mass is 16.7. The fourth-order valence-corrected chi connectivity index (χ4v) is 3.81. The Bertz CT molecular complexity index is 1200. The van der Waals surface area contributed by atoms with Gasteiger partial charge in [0.25, 0.3) is 0 Å². The zero-order valence-corrected chi connectivity index (χ0v) is 17.3. The number of benzene rings is 2. The Balaban J connectivity index is 2.03. The highest BCUT2D eigenvalue weighted by Crippen LogP contribution is 2.45. The van der Waals surface area contributed by atoms with Crippen molar-refractivity contribution < 1.29 is 28.5 Å². The lowest BCUT2D eigenvalue weighted by molar-refractivity contribution is -0.139. The number of nitriles is 1. The third-order valence-corrected chi connectivity index (χ3v) is 5.22. The number of carbonyl (C=O) groups is 2. The van der Waals surface area contributed by atoms with Gasteiger partial charge in [-0.2, -0.15) is 5.26 Å². The minimum Gasteiger partial charge on any atom is -0.466 e. The number of hydrogen-bond donors (Lipinski definition) is 1. The van der Waals surface area contributed by atoms with Crippen LogP contribution in [0, 0.1) is 11.3 Å². The molecule has 2 heterocycles. The lowest BCUT2D eigenvalue weighted by Crippen LogP contribution is -2.40. The zero-order valence-electron chi connectivity index (χ0n) is 17.3. The molecule has 162 valence electrons. The largest absolute Gasteiger partial charge is 0.466 e. The number of para-hydroxylation sites is 1. The monoisotopic (exact) mass is 433 g/mol. The van der Waals surface area contributed by atoms with Crippen LogP contribution in [0.1, 0.15) is 11.5 Å². The molecule has 4 rings (SSSR count). The zero-order chi connectivity index (χ0) is 22.8. The molecule has 2 aromatic rings. The normalized spacial score (nSPS) is 17.2. The van der Waals surface area contributed by atoms with Crippen molar-refractivity contribution >= 4 is 17.6 Å². The maximum atomic E-state index is 13.0. The van der Waals surface area contributed by atoms with E-state index in [9.17, 15) is 14.9 Å². The summed E-state index contributed by atoms with van der Waals surface area (Å²) >= 11 is 0. The van der Waals surface area contributed by atoms with Crippen molar-refractivity contribution in [2.75, 3.05) is 25.9 Å². The summed E-state index contributed by atoms with van der Waals surface area (Å²) < 4.78 is 20.8. The first kappa shape index (κ1) is 20.8. The standard InChI is InChI=1S/C23H19N3O6/c1-29-22(27)19-18(13-8-9-16-17(10-13)32-12-31-16)15(11-24)21(25)26(20(19)23(28)30-2)14-6-4-3-5-7-14/h3-10,18H,12,25H2,1-2H3. The second kappa shape index (κ2) is 8.35. The Kier molecular flexibility index (Phi) is 5.43. The Labute approximate surface area is 183 Å². The van der Waals surface area contributed by atoms with Gasteiger partial charge < -0.3 is 24.7 Å². The maximum absolute atomic E-state index is 13.0. The SMILES string of the molecule is COC(=O)C1=C(C(=O)OC)N(c2ccccc2)C(N)=C(C#N)C1c1ccc2c(c1)OCO2. The number of rotatable bonds is 4. The van der Waals surface area contributed by atoms with E-state index in [4.69, 9.17) is 24.7 Å². The van der Waals surface area contributed by atoms with Crippen LogP contribution in [0.5, 0.6) is 11.5 Å². The minimum absolute atomic E-state index is 0.00517. The second-order valence-corrected chi connectivity index (χ2v) is 6.87. The molecule has 0 saturated carbocycles. The highest BCUT2D eigenvalue weighted by Gasteiger charge is 2.43. The molecule has 2 N–H and O–H groups in total. The molecule has 2 aliphatic heterocycles. The van der Waals surface area contributed by atoms with Gasteiger partial charge in [-0.05, 0) is 29.8 Å². The Hall–Kier alpha value is -4.45. The molecule has 32 heavy (non-hydrogen) atoms. The topological polar surface area (TPSA) is 124 Å². The lowest BCUT2D eigenvalue weighted by atomic mass is 9.80. The van der Waals surface area contributed by atoms with Crippen LogP contribution >= 0.6 is 0 Å². The second-order valence-electron chi connectivity index (χ2n) is 6.87. The molecular formula is C23H19N3O6. The van der Waals surface area contributed by atoms with Crippen LogP contribution in [0.25, 0.3) is 0 Å². The minimum atomic E-state index is -0.990. The number of nitrogens with zero attached hydrogens (tertiary/aromatic N) is 2. The van der Waals surface area contributed by atoms with Crippen LogP contribution in [-0.4, -0.2) is 33.0 Å². The number of fused-ring (bicyclic) bond motifs is 1. The third-order valence-electron chi connectivity index (χ3n) is 5.22. The fraction of sp³-hybridized carbons (Fsp3) is 0.174. The van der Waals surface area contributed by atoms with Crippen molar-refractivity contribution in [2.24, 2.45) is 5.73 Å². The van der Waals surface area contributed by atoms with Gasteiger partial charge in [-0.3, -0.25) is 4.90 Å². The number of allylic oxidation sites excluding steroid dienone is 1. The molecule has 9 nitrogen and oxygen atoms in total. The van der Waals surface area contributed by atoms with Gasteiger partial charge in [0.2, 0.25) is 6.79 Å². The number of carbonyl (C=O) groups excluding carboxylic acids is 2. The van der Waals surface area contributed by atoms with Gasteiger partial charge >= 0.3 is 11.9 Å². The van der Waals surface area contributed by atoms with E-state index in [1.807, 2.05) is 0 Å². The van der Waals surface area contributed by atoms with E-state index in [2.05, 4.69) is 6.07 Å². The number of nitrogens with two attached hydrogens (primary N) is 1. The van der Waals surface area contributed by atoms with Crippen LogP contribution in [0.4, 0.5) is 5.69 Å². The van der Waals surface area contributed by atoms with E-state index in [0.29, 0.717) is 22.7 Å². The summed E-state index contributed by atoms with van der Waals surface area (Å²) in [4.78, 5) is 27.3. The number of esters is 2. The molecule has 1 atom stereocenters. The van der Waals surface area contributed by atoms with E-state index in [-0.39, 0.29) is 29.5 Å². The van der Waals surface area contributed by atoms with Crippen molar-refractivity contribution in [3.8, 4) is 17.6 Å². The van der Waals surface area contributed by atoms with Gasteiger partial charge in [0.15, 0.2) is 11.5 Å². The summed E-state index contributed by atoms with van der Waals surface area (Å²) in [6.45, 7) is 0.0570. The van der Waals surface area contributed by atoms with Gasteiger partial charge in [0.1, 0.15) is 11.5 Å². The van der Waals surface area contributed by atoms with Gasteiger partial charge in [0.05, 0.1) is 37.4 Å². The van der Waals surface area contributed by atoms with Crippen molar-refractivity contribution in [3.05, 3.63) is 76.8 Å². The lowest BCUT2D eigenvalue weighted by Gasteiger charge is -2.35. The van der Waals surface area contributed by atoms with Gasteiger partial charge in [0, 0.05) is 5.69 Å². The summed E-state index contributed by atoms with van der Waals surface area (Å²) in [7, 11) is 2.39. The average molecular weight is 433 g/mol. The number of ether oxygens (including phenoxy) is 4. The third kappa shape index (κ3) is 3.28. The van der Waals surface area contributed by atoms with Crippen LogP contribution in [-0.2, 0) is 19.1 Å². The van der Waals surface area contributed by atoms with Crippen LogP contribution < -0.4 is 20.1 Å². The van der Waals surface area contributed by atoms with Crippen LogP contribution in [0.2, 0.25) is 0 Å². The summed E-state index contributed by atoms with van der Waals surface area (Å²) in [5, 5.41) is 10.0. The smallest absolute Gasteiger partial charge is 0.355 e. The van der Waals surface area contributed by atoms with E-state index in [1.165, 1.54) is 19.1 Å². The quantitative estimate of drug-likeness (QED) is 0.723. The predicted octanol–water partition coefficient (Wildman–Crippen LogP) is 2.31. The van der Waals surface area contributed by atoms with Crippen molar-refractivity contribution in [1.29, 1.82) is 5.26 Å². The van der Waals surface area contributed by atoms with Crippen molar-refractivity contribution in [2.45, 2.75) is 5.92 Å². The predicted molar refractivity (Wildman–Crippen MR) is 112 cm³/mol. The molecule has 0 spiro atoms. The van der Waals surface area contributed by atoms with Gasteiger partial charge in [-0.25, -0.2) is 9.59 Å². The fourth-order valence-electron chi connectivity index (χ4n) is 3.81. The Morgan fingerprint density at radius 1 is 1.06 bits per heavy atom. The Morgan fingerprint density at radius 3 is 2.41 bits per heavy atom. The van der Waals surface area contributed by atoms with E-state index in [0.717, 1.165) is 0 Å². The molecule has 0 aromatic heterocycles. The van der Waals surface area contributed by atoms with Crippen LogP contribution in [0.3, 0.4) is 0 Å². The molecular weight excluding hydrogens is 414 g/mol. The van der Waals surface area contributed by atoms with Crippen molar-refractivity contribution in [1.82, 2.24) is 0 Å². The average Bonchev–Trinajstić information content (AvgIpc) is 3.30. The number of methoxy groups -OCH3 is 2. The maximum Gasteiger partial charge on any atom is 0.355 e. The van der Waals surface area contributed by atoms with E-state index < -0.39 is 17.9 Å². The van der Waals surface area contributed by atoms with Gasteiger partial charge in [-0.1, -0.05) is 24.3 Å². The first-order chi connectivity index (χ1) is 15.5. The van der Waals surface area contributed by atoms with Crippen molar-refractivity contribution in [3.63, 3.8) is 0 Å². The molecule has 0 fully saturated rings. The molecule has 0 saturated heterocycles. The molecule has 0 aliphatic carbocycles. The number of hydrogen-bond acceptors (Lipinski definition) is 9. The molecule has 1 unspecified atom stereocenters. The van der Waals surface area contributed by atoms with E-state index in [1.54, 1.807) is 48.5 Å². The first-order valence-corrected chi connectivity index (χ1v) is 9.57. The molecule has 2 aromatic carbocycles. The summed E-state index contributed by atoms with van der Waals surface area (Å²) in [5.74, 6) is -1.62. The Morgan fingerprint density at radius 2 is 1.75 bits per heavy atom. The van der Waals surface area contributed by atoms with Gasteiger partial charge in [-0.15, -0.1) is 0 Å².